The molecule has 0 radical (unpaired) electrons. The number of aromatic nitrogens is 3. The van der Waals surface area contributed by atoms with Crippen molar-refractivity contribution in [3.8, 4) is 0 Å². The van der Waals surface area contributed by atoms with Crippen molar-refractivity contribution in [2.45, 2.75) is 19.0 Å². The van der Waals surface area contributed by atoms with Gasteiger partial charge in [-0.25, -0.2) is 4.98 Å². The van der Waals surface area contributed by atoms with Crippen LogP contribution in [0.15, 0.2) is 48.3 Å². The number of nitrogens with zero attached hydrogens (tertiary/aromatic N) is 3. The van der Waals surface area contributed by atoms with E-state index in [1.54, 1.807) is 0 Å². The smallest absolute Gasteiger partial charge is 0.209 e. The van der Waals surface area contributed by atoms with E-state index in [0.29, 0.717) is 5.16 Å². The summed E-state index contributed by atoms with van der Waals surface area (Å²) in [5.41, 5.74) is 3.90. The molecule has 0 atom stereocenters. The molecule has 1 N–H and O–H groups in total. The molecular weight excluding hydrogens is 280 g/mol. The van der Waals surface area contributed by atoms with Crippen LogP contribution in [0, 0.1) is 13.8 Å². The number of thioether (sulfide) groups is 1. The molecule has 1 heterocycles. The Balaban J connectivity index is 2.05. The molecule has 4 nitrogen and oxygen atoms in total. The monoisotopic (exact) mass is 298 g/mol. The number of hydrogen-bond acceptors (Lipinski definition) is 5. The van der Waals surface area contributed by atoms with Gasteiger partial charge < -0.3 is 5.32 Å². The van der Waals surface area contributed by atoms with Crippen LogP contribution in [0.1, 0.15) is 17.0 Å². The summed E-state index contributed by atoms with van der Waals surface area (Å²) in [4.78, 5) is 4.47. The molecule has 2 rings (SSSR count). The second-order valence-corrected chi connectivity index (χ2v) is 5.50. The molecule has 0 aliphatic carbocycles. The van der Waals surface area contributed by atoms with Gasteiger partial charge in [-0.15, -0.1) is 11.7 Å². The summed E-state index contributed by atoms with van der Waals surface area (Å²) in [6, 6.07) is 8.21. The highest BCUT2D eigenvalue weighted by Crippen LogP contribution is 2.14. The van der Waals surface area contributed by atoms with E-state index in [0.717, 1.165) is 22.8 Å². The van der Waals surface area contributed by atoms with Gasteiger partial charge in [-0.3, -0.25) is 0 Å². The summed E-state index contributed by atoms with van der Waals surface area (Å²) in [7, 11) is 0. The van der Waals surface area contributed by atoms with E-state index < -0.39 is 0 Å². The van der Waals surface area contributed by atoms with Crippen molar-refractivity contribution in [3.63, 3.8) is 0 Å². The average molecular weight is 298 g/mol. The SMILES string of the molecule is C=CCSc1nnc(C)c(/C=C/Nc2ccc(C)cc2)n1. The number of aryl methyl sites for hydroxylation is 2. The van der Waals surface area contributed by atoms with Crippen molar-refractivity contribution < 1.29 is 0 Å². The summed E-state index contributed by atoms with van der Waals surface area (Å²) in [5, 5.41) is 12.1. The molecule has 0 bridgehead atoms. The maximum atomic E-state index is 4.47. The Morgan fingerprint density at radius 3 is 2.67 bits per heavy atom. The van der Waals surface area contributed by atoms with Gasteiger partial charge in [-0.1, -0.05) is 35.5 Å². The molecule has 0 amide bonds. The lowest BCUT2D eigenvalue weighted by Gasteiger charge is -2.03. The molecule has 0 aliphatic rings. The van der Waals surface area contributed by atoms with Crippen molar-refractivity contribution >= 4 is 23.5 Å². The zero-order valence-corrected chi connectivity index (χ0v) is 13.0. The second-order valence-electron chi connectivity index (χ2n) is 4.51. The van der Waals surface area contributed by atoms with Crippen LogP contribution >= 0.6 is 11.8 Å². The fourth-order valence-corrected chi connectivity index (χ4v) is 2.12. The number of benzene rings is 1. The summed E-state index contributed by atoms with van der Waals surface area (Å²) >= 11 is 1.52. The highest BCUT2D eigenvalue weighted by Gasteiger charge is 2.02. The minimum Gasteiger partial charge on any atom is -0.362 e. The molecule has 0 saturated carbocycles. The van der Waals surface area contributed by atoms with Gasteiger partial charge in [0, 0.05) is 17.6 Å². The summed E-state index contributed by atoms with van der Waals surface area (Å²) in [6.45, 7) is 7.65. The zero-order chi connectivity index (χ0) is 15.1. The van der Waals surface area contributed by atoms with E-state index in [1.165, 1.54) is 17.3 Å². The first kappa shape index (κ1) is 15.3. The fraction of sp³-hybridized carbons (Fsp3) is 0.188. The third-order valence-electron chi connectivity index (χ3n) is 2.75. The van der Waals surface area contributed by atoms with E-state index in [9.17, 15) is 0 Å². The van der Waals surface area contributed by atoms with Gasteiger partial charge in [0.25, 0.3) is 0 Å². The van der Waals surface area contributed by atoms with Gasteiger partial charge >= 0.3 is 0 Å². The molecule has 1 aromatic heterocycles. The first-order valence-electron chi connectivity index (χ1n) is 6.64. The van der Waals surface area contributed by atoms with Crippen LogP contribution in [0.4, 0.5) is 5.69 Å². The summed E-state index contributed by atoms with van der Waals surface area (Å²) in [6.07, 6.45) is 5.59. The summed E-state index contributed by atoms with van der Waals surface area (Å²) < 4.78 is 0. The van der Waals surface area contributed by atoms with Crippen molar-refractivity contribution in [3.05, 3.63) is 60.1 Å². The predicted octanol–water partition coefficient (Wildman–Crippen LogP) is 3.85. The van der Waals surface area contributed by atoms with E-state index in [2.05, 4.69) is 46.1 Å². The average Bonchev–Trinajstić information content (AvgIpc) is 2.50. The highest BCUT2D eigenvalue weighted by atomic mass is 32.2. The van der Waals surface area contributed by atoms with Gasteiger partial charge in [0.1, 0.15) is 0 Å². The van der Waals surface area contributed by atoms with Crippen LogP contribution in [0.3, 0.4) is 0 Å². The Hall–Kier alpha value is -2.14. The molecule has 0 aliphatic heterocycles. The minimum atomic E-state index is 0.662. The third kappa shape index (κ3) is 4.72. The normalized spacial score (nSPS) is 10.8. The predicted molar refractivity (Wildman–Crippen MR) is 89.3 cm³/mol. The van der Waals surface area contributed by atoms with Crippen LogP contribution in [0.5, 0.6) is 0 Å². The number of anilines is 1. The van der Waals surface area contributed by atoms with E-state index in [-0.39, 0.29) is 0 Å². The van der Waals surface area contributed by atoms with Gasteiger partial charge in [0.2, 0.25) is 5.16 Å². The molecule has 0 saturated heterocycles. The van der Waals surface area contributed by atoms with Gasteiger partial charge in [-0.05, 0) is 32.1 Å². The molecule has 108 valence electrons. The standard InChI is InChI=1S/C16H18N4S/c1-4-11-21-16-18-15(13(3)19-20-16)9-10-17-14-7-5-12(2)6-8-14/h4-10,17H,1,11H2,2-3H3/b10-9+. The lowest BCUT2D eigenvalue weighted by atomic mass is 10.2. The molecule has 2 aromatic rings. The molecule has 21 heavy (non-hydrogen) atoms. The van der Waals surface area contributed by atoms with Crippen LogP contribution < -0.4 is 5.32 Å². The highest BCUT2D eigenvalue weighted by molar-refractivity contribution is 7.99. The molecule has 1 aromatic carbocycles. The van der Waals surface area contributed by atoms with Crippen molar-refractivity contribution in [1.82, 2.24) is 15.2 Å². The van der Waals surface area contributed by atoms with Crippen LogP contribution in [-0.4, -0.2) is 20.9 Å². The van der Waals surface area contributed by atoms with Crippen LogP contribution in [0.2, 0.25) is 0 Å². The number of hydrogen-bond donors (Lipinski definition) is 1. The fourth-order valence-electron chi connectivity index (χ4n) is 1.59. The number of rotatable bonds is 6. The third-order valence-corrected chi connectivity index (χ3v) is 3.58. The van der Waals surface area contributed by atoms with Crippen LogP contribution in [-0.2, 0) is 0 Å². The molecule has 5 heteroatoms. The topological polar surface area (TPSA) is 50.7 Å². The Morgan fingerprint density at radius 2 is 1.95 bits per heavy atom. The Kier molecular flexibility index (Phi) is 5.51. The van der Waals surface area contributed by atoms with Gasteiger partial charge in [0.15, 0.2) is 0 Å². The first-order chi connectivity index (χ1) is 10.2. The van der Waals surface area contributed by atoms with Crippen molar-refractivity contribution in [2.24, 2.45) is 0 Å². The molecular formula is C16H18N4S. The van der Waals surface area contributed by atoms with Crippen molar-refractivity contribution in [1.29, 1.82) is 0 Å². The van der Waals surface area contributed by atoms with Crippen molar-refractivity contribution in [2.75, 3.05) is 11.1 Å². The molecule has 0 fully saturated rings. The number of nitrogens with one attached hydrogen (secondary N) is 1. The zero-order valence-electron chi connectivity index (χ0n) is 12.2. The van der Waals surface area contributed by atoms with Crippen LogP contribution in [0.25, 0.3) is 6.08 Å². The quantitative estimate of drug-likeness (QED) is 0.648. The van der Waals surface area contributed by atoms with Gasteiger partial charge in [0.05, 0.1) is 11.4 Å². The Morgan fingerprint density at radius 1 is 1.19 bits per heavy atom. The van der Waals surface area contributed by atoms with E-state index in [1.807, 2.05) is 37.4 Å². The largest absolute Gasteiger partial charge is 0.362 e. The summed E-state index contributed by atoms with van der Waals surface area (Å²) in [5.74, 6) is 0.773. The lowest BCUT2D eigenvalue weighted by Crippen LogP contribution is -1.99. The van der Waals surface area contributed by atoms with E-state index in [4.69, 9.17) is 0 Å². The Labute approximate surface area is 129 Å². The second kappa shape index (κ2) is 7.59. The maximum absolute atomic E-state index is 4.47. The molecule has 0 unspecified atom stereocenters. The minimum absolute atomic E-state index is 0.662. The Bertz CT molecular complexity index is 635. The molecule has 0 spiro atoms. The maximum Gasteiger partial charge on any atom is 0.209 e. The first-order valence-corrected chi connectivity index (χ1v) is 7.62. The van der Waals surface area contributed by atoms with Gasteiger partial charge in [-0.2, -0.15) is 5.10 Å². The van der Waals surface area contributed by atoms with E-state index >= 15 is 0 Å². The lowest BCUT2D eigenvalue weighted by molar-refractivity contribution is 0.807.